The van der Waals surface area contributed by atoms with Crippen LogP contribution >= 0.6 is 0 Å². The first-order valence-corrected chi connectivity index (χ1v) is 15.6. The summed E-state index contributed by atoms with van der Waals surface area (Å²) in [4.78, 5) is 15.9. The van der Waals surface area contributed by atoms with Crippen molar-refractivity contribution in [2.45, 2.75) is 50.0 Å². The van der Waals surface area contributed by atoms with Gasteiger partial charge in [0, 0.05) is 25.2 Å². The number of carbonyl (C=O) groups excluding carboxylic acids is 1. The quantitative estimate of drug-likeness (QED) is 0.337. The van der Waals surface area contributed by atoms with E-state index in [0.717, 1.165) is 29.7 Å². The second-order valence-electron chi connectivity index (χ2n) is 10.8. The zero-order valence-electron chi connectivity index (χ0n) is 24.1. The van der Waals surface area contributed by atoms with E-state index in [-0.39, 0.29) is 23.5 Å². The lowest BCUT2D eigenvalue weighted by Gasteiger charge is -2.37. The van der Waals surface area contributed by atoms with Gasteiger partial charge in [0.2, 0.25) is 10.0 Å². The highest BCUT2D eigenvalue weighted by molar-refractivity contribution is 7.89. The smallest absolute Gasteiger partial charge is 0.254 e. The molecular formula is C32H38N2O6S. The third-order valence-electron chi connectivity index (χ3n) is 8.02. The maximum atomic E-state index is 13.9. The highest BCUT2D eigenvalue weighted by Crippen LogP contribution is 2.39. The summed E-state index contributed by atoms with van der Waals surface area (Å²) in [5.74, 6) is 2.19. The van der Waals surface area contributed by atoms with Gasteiger partial charge < -0.3 is 19.1 Å². The fourth-order valence-corrected chi connectivity index (χ4v) is 7.11. The molecule has 9 heteroatoms. The van der Waals surface area contributed by atoms with Crippen LogP contribution in [0.1, 0.15) is 65.7 Å². The normalized spacial score (nSPS) is 17.4. The molecule has 1 atom stereocenters. The van der Waals surface area contributed by atoms with E-state index in [4.69, 9.17) is 14.2 Å². The first-order valence-electron chi connectivity index (χ1n) is 14.1. The van der Waals surface area contributed by atoms with Crippen LogP contribution < -0.4 is 14.2 Å². The average Bonchev–Trinajstić information content (AvgIpc) is 3.55. The summed E-state index contributed by atoms with van der Waals surface area (Å²) in [5, 5.41) is 0. The molecule has 2 heterocycles. The largest absolute Gasteiger partial charge is 0.493 e. The molecule has 0 saturated carbocycles. The standard InChI is InChI=1S/C32H38N2O6S/c1-22(2)23-7-11-26(12-8-23)40-21-29-28-20-31(39-4)30(38-3)19-25(28)15-18-34(29)32(35)24-9-13-27(14-10-24)41(36,37)33-16-5-6-17-33/h7-14,19-20,22,29H,5-6,15-18,21H2,1-4H3. The van der Waals surface area contributed by atoms with Crippen molar-refractivity contribution < 1.29 is 27.4 Å². The summed E-state index contributed by atoms with van der Waals surface area (Å²) < 4.78 is 44.9. The summed E-state index contributed by atoms with van der Waals surface area (Å²) in [5.41, 5.74) is 3.67. The van der Waals surface area contributed by atoms with Crippen LogP contribution in [0.3, 0.4) is 0 Å². The molecule has 0 bridgehead atoms. The minimum Gasteiger partial charge on any atom is -0.493 e. The van der Waals surface area contributed by atoms with Crippen LogP contribution in [0.4, 0.5) is 0 Å². The van der Waals surface area contributed by atoms with Crippen molar-refractivity contribution in [1.82, 2.24) is 9.21 Å². The third kappa shape index (κ3) is 5.92. The van der Waals surface area contributed by atoms with Gasteiger partial charge in [0.25, 0.3) is 5.91 Å². The first kappa shape index (κ1) is 29.0. The van der Waals surface area contributed by atoms with Crippen molar-refractivity contribution in [3.8, 4) is 17.2 Å². The molecule has 41 heavy (non-hydrogen) atoms. The van der Waals surface area contributed by atoms with E-state index in [1.165, 1.54) is 22.0 Å². The number of ether oxygens (including phenoxy) is 3. The van der Waals surface area contributed by atoms with Gasteiger partial charge in [-0.3, -0.25) is 4.79 Å². The Labute approximate surface area is 242 Å². The number of hydrogen-bond donors (Lipinski definition) is 0. The second kappa shape index (κ2) is 12.1. The Bertz CT molecular complexity index is 1480. The minimum absolute atomic E-state index is 0.181. The van der Waals surface area contributed by atoms with E-state index in [9.17, 15) is 13.2 Å². The Hall–Kier alpha value is -3.56. The summed E-state index contributed by atoms with van der Waals surface area (Å²) in [6.45, 7) is 6.09. The van der Waals surface area contributed by atoms with Gasteiger partial charge in [-0.2, -0.15) is 4.31 Å². The number of nitrogens with zero attached hydrogens (tertiary/aromatic N) is 2. The van der Waals surface area contributed by atoms with Crippen molar-refractivity contribution in [2.75, 3.05) is 40.5 Å². The lowest BCUT2D eigenvalue weighted by atomic mass is 9.91. The number of methoxy groups -OCH3 is 2. The minimum atomic E-state index is -3.56. The van der Waals surface area contributed by atoms with E-state index in [1.54, 1.807) is 31.3 Å². The van der Waals surface area contributed by atoms with Crippen molar-refractivity contribution in [3.63, 3.8) is 0 Å². The van der Waals surface area contributed by atoms with Crippen LogP contribution in [0.15, 0.2) is 65.6 Å². The summed E-state index contributed by atoms with van der Waals surface area (Å²) in [6.07, 6.45) is 2.38. The van der Waals surface area contributed by atoms with Crippen molar-refractivity contribution >= 4 is 15.9 Å². The second-order valence-corrected chi connectivity index (χ2v) is 12.8. The molecule has 1 unspecified atom stereocenters. The zero-order chi connectivity index (χ0) is 29.1. The van der Waals surface area contributed by atoms with Crippen LogP contribution in [-0.2, 0) is 16.4 Å². The van der Waals surface area contributed by atoms with E-state index in [2.05, 4.69) is 26.0 Å². The van der Waals surface area contributed by atoms with Gasteiger partial charge in [-0.05, 0) is 90.4 Å². The molecule has 8 nitrogen and oxygen atoms in total. The van der Waals surface area contributed by atoms with Crippen LogP contribution in [0, 0.1) is 0 Å². The van der Waals surface area contributed by atoms with E-state index in [0.29, 0.717) is 49.0 Å². The fraction of sp³-hybridized carbons (Fsp3) is 0.406. The first-order chi connectivity index (χ1) is 19.7. The van der Waals surface area contributed by atoms with Crippen LogP contribution in [-0.4, -0.2) is 64.0 Å². The molecular weight excluding hydrogens is 540 g/mol. The van der Waals surface area contributed by atoms with Gasteiger partial charge in [-0.15, -0.1) is 0 Å². The van der Waals surface area contributed by atoms with Crippen LogP contribution in [0.25, 0.3) is 0 Å². The van der Waals surface area contributed by atoms with E-state index < -0.39 is 10.0 Å². The molecule has 1 fully saturated rings. The Balaban J connectivity index is 1.43. The molecule has 0 spiro atoms. The predicted molar refractivity (Wildman–Crippen MR) is 157 cm³/mol. The van der Waals surface area contributed by atoms with Gasteiger partial charge in [0.15, 0.2) is 11.5 Å². The van der Waals surface area contributed by atoms with Gasteiger partial charge in [0.1, 0.15) is 12.4 Å². The molecule has 2 aliphatic heterocycles. The predicted octanol–water partition coefficient (Wildman–Crippen LogP) is 5.43. The molecule has 0 radical (unpaired) electrons. The average molecular weight is 579 g/mol. The maximum absolute atomic E-state index is 13.9. The number of sulfonamides is 1. The van der Waals surface area contributed by atoms with Gasteiger partial charge in [0.05, 0.1) is 25.2 Å². The Morgan fingerprint density at radius 2 is 1.54 bits per heavy atom. The van der Waals surface area contributed by atoms with Gasteiger partial charge >= 0.3 is 0 Å². The lowest BCUT2D eigenvalue weighted by Crippen LogP contribution is -2.42. The van der Waals surface area contributed by atoms with Crippen LogP contribution in [0.2, 0.25) is 0 Å². The van der Waals surface area contributed by atoms with Gasteiger partial charge in [-0.25, -0.2) is 8.42 Å². The molecule has 218 valence electrons. The summed E-state index contributed by atoms with van der Waals surface area (Å²) in [6, 6.07) is 17.8. The number of rotatable bonds is 9. The Morgan fingerprint density at radius 3 is 2.15 bits per heavy atom. The maximum Gasteiger partial charge on any atom is 0.254 e. The monoisotopic (exact) mass is 578 g/mol. The van der Waals surface area contributed by atoms with Crippen molar-refractivity contribution in [1.29, 1.82) is 0 Å². The number of benzene rings is 3. The summed E-state index contributed by atoms with van der Waals surface area (Å²) >= 11 is 0. The molecule has 2 aliphatic rings. The van der Waals surface area contributed by atoms with Gasteiger partial charge in [-0.1, -0.05) is 26.0 Å². The van der Waals surface area contributed by atoms with Crippen LogP contribution in [0.5, 0.6) is 17.2 Å². The SMILES string of the molecule is COc1cc2c(cc1OC)C(COc1ccc(C(C)C)cc1)N(C(=O)c1ccc(S(=O)(=O)N3CCCC3)cc1)CC2. The molecule has 3 aromatic carbocycles. The zero-order valence-corrected chi connectivity index (χ0v) is 24.9. The molecule has 0 aromatic heterocycles. The van der Waals surface area contributed by atoms with Crippen molar-refractivity contribution in [3.05, 3.63) is 82.9 Å². The number of fused-ring (bicyclic) bond motifs is 1. The molecule has 5 rings (SSSR count). The highest BCUT2D eigenvalue weighted by atomic mass is 32.2. The molecule has 3 aromatic rings. The molecule has 0 N–H and O–H groups in total. The molecule has 1 saturated heterocycles. The fourth-order valence-electron chi connectivity index (χ4n) is 5.59. The topological polar surface area (TPSA) is 85.4 Å². The van der Waals surface area contributed by atoms with Crippen molar-refractivity contribution in [2.24, 2.45) is 0 Å². The number of hydrogen-bond acceptors (Lipinski definition) is 6. The molecule has 0 aliphatic carbocycles. The number of carbonyl (C=O) groups is 1. The van der Waals surface area contributed by atoms with E-state index >= 15 is 0 Å². The third-order valence-corrected chi connectivity index (χ3v) is 9.94. The Kier molecular flexibility index (Phi) is 8.56. The highest BCUT2D eigenvalue weighted by Gasteiger charge is 2.34. The molecule has 1 amide bonds. The number of amides is 1. The van der Waals surface area contributed by atoms with E-state index in [1.807, 2.05) is 24.3 Å². The Morgan fingerprint density at radius 1 is 0.902 bits per heavy atom. The summed E-state index contributed by atoms with van der Waals surface area (Å²) in [7, 11) is -0.354. The lowest BCUT2D eigenvalue weighted by molar-refractivity contribution is 0.0589.